The highest BCUT2D eigenvalue weighted by Gasteiger charge is 2.34. The molecule has 4 aromatic rings. The third-order valence-electron chi connectivity index (χ3n) is 6.84. The molecule has 1 unspecified atom stereocenters. The number of hydrogen-bond donors (Lipinski definition) is 2. The molecule has 1 fully saturated rings. The number of ether oxygens (including phenoxy) is 3. The van der Waals surface area contributed by atoms with Crippen molar-refractivity contribution < 1.29 is 23.8 Å². The summed E-state index contributed by atoms with van der Waals surface area (Å²) in [6.07, 6.45) is 0. The maximum atomic E-state index is 13.3. The van der Waals surface area contributed by atoms with Crippen molar-refractivity contribution in [1.82, 2.24) is 20.4 Å². The first kappa shape index (κ1) is 30.8. The number of nitrogens with zero attached hydrogens (tertiary/aromatic N) is 4. The van der Waals surface area contributed by atoms with Crippen LogP contribution in [0.5, 0.6) is 17.2 Å². The van der Waals surface area contributed by atoms with Gasteiger partial charge < -0.3 is 19.1 Å². The van der Waals surface area contributed by atoms with E-state index in [1.807, 2.05) is 55.4 Å². The molecule has 0 radical (unpaired) electrons. The summed E-state index contributed by atoms with van der Waals surface area (Å²) in [6, 6.07) is 19.6. The summed E-state index contributed by atoms with van der Waals surface area (Å²) in [6.45, 7) is 0. The number of benzene rings is 3. The molecule has 1 saturated heterocycles. The van der Waals surface area contributed by atoms with Gasteiger partial charge in [-0.1, -0.05) is 35.9 Å². The van der Waals surface area contributed by atoms with Crippen molar-refractivity contribution in [3.8, 4) is 39.8 Å². The monoisotopic (exact) mass is 634 g/mol. The fourth-order valence-electron chi connectivity index (χ4n) is 4.62. The highest BCUT2D eigenvalue weighted by atomic mass is 35.5. The number of thioether (sulfide) groups is 1. The molecular formula is C31H31ClN6O5S. The first-order chi connectivity index (χ1) is 21.2. The highest BCUT2D eigenvalue weighted by Crippen LogP contribution is 2.41. The van der Waals surface area contributed by atoms with Gasteiger partial charge in [0.2, 0.25) is 11.7 Å². The molecule has 0 bridgehead atoms. The van der Waals surface area contributed by atoms with E-state index in [1.165, 1.54) is 38.1 Å². The molecule has 3 aromatic carbocycles. The Balaban J connectivity index is 1.46. The largest absolute Gasteiger partial charge is 0.493 e. The summed E-state index contributed by atoms with van der Waals surface area (Å²) in [5.74, 6) is 1.34. The Hall–Kier alpha value is -4.68. The third kappa shape index (κ3) is 6.61. The lowest BCUT2D eigenvalue weighted by molar-refractivity contribution is -0.130. The van der Waals surface area contributed by atoms with Gasteiger partial charge in [0.1, 0.15) is 5.37 Å². The lowest BCUT2D eigenvalue weighted by Crippen LogP contribution is -2.46. The van der Waals surface area contributed by atoms with E-state index in [0.717, 1.165) is 16.8 Å². The van der Waals surface area contributed by atoms with Gasteiger partial charge in [-0.15, -0.1) is 11.8 Å². The van der Waals surface area contributed by atoms with Gasteiger partial charge in [0.15, 0.2) is 11.5 Å². The molecule has 228 valence electrons. The Morgan fingerprint density at radius 1 is 0.909 bits per heavy atom. The summed E-state index contributed by atoms with van der Waals surface area (Å²) in [5.41, 5.74) is 7.00. The molecule has 0 saturated carbocycles. The zero-order chi connectivity index (χ0) is 31.4. The first-order valence-electron chi connectivity index (χ1n) is 13.4. The van der Waals surface area contributed by atoms with Gasteiger partial charge in [-0.25, -0.2) is 25.2 Å². The van der Waals surface area contributed by atoms with E-state index in [2.05, 4.69) is 20.7 Å². The van der Waals surface area contributed by atoms with E-state index < -0.39 is 6.03 Å². The smallest absolute Gasteiger partial charge is 0.340 e. The quantitative estimate of drug-likeness (QED) is 0.233. The van der Waals surface area contributed by atoms with Crippen LogP contribution in [0.2, 0.25) is 5.02 Å². The number of carbonyl (C=O) groups is 2. The number of hydrogen-bond acceptors (Lipinski definition) is 9. The van der Waals surface area contributed by atoms with E-state index in [1.54, 1.807) is 30.3 Å². The van der Waals surface area contributed by atoms with Gasteiger partial charge in [-0.2, -0.15) is 0 Å². The number of hydrazine groups is 1. The van der Waals surface area contributed by atoms with Gasteiger partial charge in [0.05, 0.1) is 38.5 Å². The molecule has 13 heteroatoms. The third-order valence-corrected chi connectivity index (χ3v) is 8.30. The van der Waals surface area contributed by atoms with Crippen LogP contribution in [0.4, 0.5) is 16.4 Å². The number of aromatic nitrogens is 2. The van der Waals surface area contributed by atoms with Crippen LogP contribution in [-0.4, -0.2) is 68.1 Å². The first-order valence-corrected chi connectivity index (χ1v) is 14.9. The molecule has 0 aliphatic carbocycles. The number of anilines is 2. The van der Waals surface area contributed by atoms with Crippen LogP contribution < -0.4 is 29.9 Å². The van der Waals surface area contributed by atoms with Crippen LogP contribution in [0.1, 0.15) is 10.9 Å². The van der Waals surface area contributed by atoms with E-state index in [9.17, 15) is 9.59 Å². The number of halogens is 1. The molecule has 2 N–H and O–H groups in total. The van der Waals surface area contributed by atoms with Crippen molar-refractivity contribution >= 4 is 46.9 Å². The fraction of sp³-hybridized carbons (Fsp3) is 0.226. The van der Waals surface area contributed by atoms with Crippen LogP contribution in [0.15, 0.2) is 66.7 Å². The van der Waals surface area contributed by atoms with Gasteiger partial charge >= 0.3 is 6.03 Å². The Labute approximate surface area is 264 Å². The molecule has 5 rings (SSSR count). The predicted octanol–water partition coefficient (Wildman–Crippen LogP) is 5.87. The number of amides is 3. The van der Waals surface area contributed by atoms with Crippen molar-refractivity contribution in [2.24, 2.45) is 0 Å². The molecule has 11 nitrogen and oxygen atoms in total. The second-order valence-electron chi connectivity index (χ2n) is 9.86. The van der Waals surface area contributed by atoms with Gasteiger partial charge in [0.25, 0.3) is 5.91 Å². The van der Waals surface area contributed by atoms with E-state index in [4.69, 9.17) is 25.8 Å². The SMILES string of the molecule is COc1cc(-c2cc(-c3ccc(Cl)cc3)nc(NC(=O)NN3C(=O)CSC3c3ccc(N(C)C)cc3)n2)cc(OC)c1OC. The molecule has 1 aliphatic rings. The zero-order valence-electron chi connectivity index (χ0n) is 24.8. The van der Waals surface area contributed by atoms with Crippen LogP contribution in [0.3, 0.4) is 0 Å². The number of nitrogens with one attached hydrogen (secondary N) is 2. The lowest BCUT2D eigenvalue weighted by Gasteiger charge is -2.25. The topological polar surface area (TPSA) is 118 Å². The second-order valence-corrected chi connectivity index (χ2v) is 11.4. The maximum absolute atomic E-state index is 13.3. The van der Waals surface area contributed by atoms with E-state index in [0.29, 0.717) is 39.2 Å². The second kappa shape index (κ2) is 13.3. The number of rotatable bonds is 9. The summed E-state index contributed by atoms with van der Waals surface area (Å²) < 4.78 is 16.5. The minimum atomic E-state index is -0.667. The van der Waals surface area contributed by atoms with E-state index >= 15 is 0 Å². The lowest BCUT2D eigenvalue weighted by atomic mass is 10.1. The van der Waals surface area contributed by atoms with Gasteiger partial charge in [0, 0.05) is 35.9 Å². The van der Waals surface area contributed by atoms with Crippen molar-refractivity contribution in [2.75, 3.05) is 51.4 Å². The standard InChI is InChI=1S/C31H31ClN6O5S/c1-37(2)22-12-8-19(9-13-22)29-38(27(39)17-44-29)36-31(40)35-30-33-23(18-6-10-21(32)11-7-18)16-24(34-30)20-14-25(41-3)28(43-5)26(15-20)42-4/h6-16,29H,17H2,1-5H3,(H2,33,34,35,36,40). The molecule has 1 atom stereocenters. The highest BCUT2D eigenvalue weighted by molar-refractivity contribution is 8.00. The Kier molecular flexibility index (Phi) is 9.31. The van der Waals surface area contributed by atoms with Gasteiger partial charge in [-0.05, 0) is 48.0 Å². The molecular weight excluding hydrogens is 604 g/mol. The van der Waals surface area contributed by atoms with Crippen molar-refractivity contribution in [1.29, 1.82) is 0 Å². The minimum Gasteiger partial charge on any atom is -0.493 e. The summed E-state index contributed by atoms with van der Waals surface area (Å²) in [5, 5.41) is 4.21. The van der Waals surface area contributed by atoms with E-state index in [-0.39, 0.29) is 23.0 Å². The Bertz CT molecular complexity index is 1640. The zero-order valence-corrected chi connectivity index (χ0v) is 26.3. The Morgan fingerprint density at radius 3 is 2.09 bits per heavy atom. The number of carbonyl (C=O) groups excluding carboxylic acids is 2. The fourth-order valence-corrected chi connectivity index (χ4v) is 5.85. The average molecular weight is 635 g/mol. The summed E-state index contributed by atoms with van der Waals surface area (Å²) in [4.78, 5) is 37.2. The van der Waals surface area contributed by atoms with Gasteiger partial charge in [-0.3, -0.25) is 10.1 Å². The van der Waals surface area contributed by atoms with Crippen LogP contribution in [0.25, 0.3) is 22.5 Å². The summed E-state index contributed by atoms with van der Waals surface area (Å²) in [7, 11) is 8.49. The molecule has 1 aliphatic heterocycles. The minimum absolute atomic E-state index is 0.0184. The van der Waals surface area contributed by atoms with Crippen LogP contribution in [0, 0.1) is 0 Å². The van der Waals surface area contributed by atoms with Crippen molar-refractivity contribution in [3.05, 3.63) is 77.3 Å². The summed E-state index contributed by atoms with van der Waals surface area (Å²) >= 11 is 7.55. The molecule has 0 spiro atoms. The van der Waals surface area contributed by atoms with Crippen LogP contribution >= 0.6 is 23.4 Å². The maximum Gasteiger partial charge on any atom is 0.340 e. The average Bonchev–Trinajstić information content (AvgIpc) is 3.39. The number of urea groups is 1. The molecule has 1 aromatic heterocycles. The van der Waals surface area contributed by atoms with Crippen molar-refractivity contribution in [2.45, 2.75) is 5.37 Å². The van der Waals surface area contributed by atoms with Crippen molar-refractivity contribution in [3.63, 3.8) is 0 Å². The predicted molar refractivity (Wildman–Crippen MR) is 173 cm³/mol. The molecule has 2 heterocycles. The number of methoxy groups -OCH3 is 3. The Morgan fingerprint density at radius 2 is 1.52 bits per heavy atom. The normalized spacial score (nSPS) is 14.3. The molecule has 44 heavy (non-hydrogen) atoms. The molecule has 3 amide bonds. The van der Waals surface area contributed by atoms with Crippen LogP contribution in [-0.2, 0) is 4.79 Å².